The van der Waals surface area contributed by atoms with Gasteiger partial charge in [0, 0.05) is 12.2 Å². The van der Waals surface area contributed by atoms with Crippen LogP contribution in [0.15, 0.2) is 47.8 Å². The van der Waals surface area contributed by atoms with E-state index in [1.54, 1.807) is 17.4 Å². The summed E-state index contributed by atoms with van der Waals surface area (Å²) in [5.41, 5.74) is 3.30. The van der Waals surface area contributed by atoms with Crippen molar-refractivity contribution in [1.82, 2.24) is 15.1 Å². The first-order chi connectivity index (χ1) is 12.8. The Morgan fingerprint density at radius 2 is 2.04 bits per heavy atom. The van der Waals surface area contributed by atoms with E-state index >= 15 is 0 Å². The van der Waals surface area contributed by atoms with Gasteiger partial charge in [0.25, 0.3) is 5.91 Å². The van der Waals surface area contributed by atoms with Crippen molar-refractivity contribution in [3.63, 3.8) is 0 Å². The van der Waals surface area contributed by atoms with E-state index < -0.39 is 0 Å². The molecule has 2 N–H and O–H groups in total. The number of nitrogens with zero attached hydrogens (tertiary/aromatic N) is 2. The van der Waals surface area contributed by atoms with E-state index in [0.717, 1.165) is 35.9 Å². The van der Waals surface area contributed by atoms with Gasteiger partial charge in [0.1, 0.15) is 0 Å². The Labute approximate surface area is 157 Å². The molecule has 1 aromatic carbocycles. The average molecular weight is 366 g/mol. The lowest BCUT2D eigenvalue weighted by atomic mass is 10.1. The summed E-state index contributed by atoms with van der Waals surface area (Å²) < 4.78 is 0. The number of benzene rings is 1. The molecule has 1 aliphatic rings. The molecule has 0 saturated carbocycles. The molecule has 0 radical (unpaired) electrons. The second-order valence-corrected chi connectivity index (χ2v) is 7.58. The molecule has 1 fully saturated rings. The van der Waals surface area contributed by atoms with Crippen LogP contribution in [0.4, 0.5) is 5.69 Å². The zero-order valence-corrected chi connectivity index (χ0v) is 15.4. The van der Waals surface area contributed by atoms with Crippen molar-refractivity contribution in [2.75, 3.05) is 18.4 Å². The molecule has 0 unspecified atom stereocenters. The largest absolute Gasteiger partial charge is 0.321 e. The molecule has 26 heavy (non-hydrogen) atoms. The minimum atomic E-state index is -0.195. The van der Waals surface area contributed by atoms with Gasteiger partial charge in [-0.1, -0.05) is 24.6 Å². The number of anilines is 1. The fourth-order valence-electron chi connectivity index (χ4n) is 3.31. The number of likely N-dealkylation sites (tertiary alicyclic amines) is 1. The van der Waals surface area contributed by atoms with E-state index in [-0.39, 0.29) is 5.91 Å². The van der Waals surface area contributed by atoms with E-state index in [2.05, 4.69) is 32.5 Å². The first-order valence-corrected chi connectivity index (χ1v) is 9.88. The predicted octanol–water partition coefficient (Wildman–Crippen LogP) is 4.38. The summed E-state index contributed by atoms with van der Waals surface area (Å²) >= 11 is 1.62. The molecule has 4 rings (SSSR count). The molecule has 1 aliphatic heterocycles. The Hall–Kier alpha value is -2.44. The van der Waals surface area contributed by atoms with Crippen molar-refractivity contribution < 1.29 is 4.79 Å². The summed E-state index contributed by atoms with van der Waals surface area (Å²) in [6.45, 7) is 3.26. The van der Waals surface area contributed by atoms with Crippen LogP contribution in [0.25, 0.3) is 10.6 Å². The Morgan fingerprint density at radius 3 is 2.85 bits per heavy atom. The van der Waals surface area contributed by atoms with Crippen LogP contribution in [-0.4, -0.2) is 34.1 Å². The van der Waals surface area contributed by atoms with Crippen LogP contribution in [0.1, 0.15) is 35.3 Å². The standard InChI is InChI=1S/C20H22N4OS/c25-20(18-13-17(22-23-18)19-8-5-11-26-19)21-16-7-4-6-15(12-16)14-24-9-2-1-3-10-24/h4-8,11-13H,1-3,9-10,14H2,(H,21,25)(H,22,23). The lowest BCUT2D eigenvalue weighted by Gasteiger charge is -2.26. The maximum absolute atomic E-state index is 12.5. The molecule has 3 aromatic rings. The minimum absolute atomic E-state index is 0.195. The lowest BCUT2D eigenvalue weighted by Crippen LogP contribution is -2.29. The highest BCUT2D eigenvalue weighted by Crippen LogP contribution is 2.23. The second kappa shape index (κ2) is 7.85. The minimum Gasteiger partial charge on any atom is -0.321 e. The van der Waals surface area contributed by atoms with Crippen molar-refractivity contribution in [3.05, 3.63) is 59.1 Å². The van der Waals surface area contributed by atoms with Crippen molar-refractivity contribution >= 4 is 22.9 Å². The number of thiophene rings is 1. The van der Waals surface area contributed by atoms with E-state index in [1.165, 1.54) is 24.8 Å². The Morgan fingerprint density at radius 1 is 1.15 bits per heavy atom. The van der Waals surface area contributed by atoms with Gasteiger partial charge in [-0.25, -0.2) is 0 Å². The van der Waals surface area contributed by atoms with Gasteiger partial charge in [-0.05, 0) is 61.1 Å². The summed E-state index contributed by atoms with van der Waals surface area (Å²) in [4.78, 5) is 16.0. The molecule has 0 aliphatic carbocycles. The summed E-state index contributed by atoms with van der Waals surface area (Å²) in [6, 6.07) is 13.9. The number of piperidine rings is 1. The van der Waals surface area contributed by atoms with Crippen LogP contribution >= 0.6 is 11.3 Å². The summed E-state index contributed by atoms with van der Waals surface area (Å²) in [5, 5.41) is 12.0. The van der Waals surface area contributed by atoms with Gasteiger partial charge in [0.2, 0.25) is 0 Å². The molecule has 0 spiro atoms. The van der Waals surface area contributed by atoms with E-state index in [4.69, 9.17) is 0 Å². The molecule has 134 valence electrons. The number of aromatic amines is 1. The van der Waals surface area contributed by atoms with Gasteiger partial charge in [-0.15, -0.1) is 11.3 Å². The SMILES string of the molecule is O=C(Nc1cccc(CN2CCCCC2)c1)c1cc(-c2cccs2)[nH]n1. The van der Waals surface area contributed by atoms with Crippen LogP contribution < -0.4 is 5.32 Å². The smallest absolute Gasteiger partial charge is 0.276 e. The topological polar surface area (TPSA) is 61.0 Å². The number of hydrogen-bond donors (Lipinski definition) is 2. The van der Waals surface area contributed by atoms with E-state index in [9.17, 15) is 4.79 Å². The van der Waals surface area contributed by atoms with Gasteiger partial charge < -0.3 is 5.32 Å². The molecule has 2 aromatic heterocycles. The van der Waals surface area contributed by atoms with E-state index in [0.29, 0.717) is 5.69 Å². The third kappa shape index (κ3) is 4.03. The van der Waals surface area contributed by atoms with Gasteiger partial charge >= 0.3 is 0 Å². The highest BCUT2D eigenvalue weighted by Gasteiger charge is 2.14. The first-order valence-electron chi connectivity index (χ1n) is 9.00. The van der Waals surface area contributed by atoms with E-state index in [1.807, 2.05) is 29.6 Å². The Kier molecular flexibility index (Phi) is 5.13. The lowest BCUT2D eigenvalue weighted by molar-refractivity contribution is 0.102. The monoisotopic (exact) mass is 366 g/mol. The predicted molar refractivity (Wildman–Crippen MR) is 105 cm³/mol. The van der Waals surface area contributed by atoms with Crippen molar-refractivity contribution in [1.29, 1.82) is 0 Å². The van der Waals surface area contributed by atoms with Crippen LogP contribution in [0.3, 0.4) is 0 Å². The Bertz CT molecular complexity index is 866. The average Bonchev–Trinajstić information content (AvgIpc) is 3.34. The summed E-state index contributed by atoms with van der Waals surface area (Å²) in [5.74, 6) is -0.195. The molecule has 1 saturated heterocycles. The number of aromatic nitrogens is 2. The quantitative estimate of drug-likeness (QED) is 0.704. The molecular weight excluding hydrogens is 344 g/mol. The molecule has 3 heterocycles. The van der Waals surface area contributed by atoms with Gasteiger partial charge in [-0.2, -0.15) is 5.10 Å². The van der Waals surface area contributed by atoms with Crippen LogP contribution in [0, 0.1) is 0 Å². The van der Waals surface area contributed by atoms with Crippen LogP contribution in [0.5, 0.6) is 0 Å². The third-order valence-electron chi connectivity index (χ3n) is 4.64. The molecular formula is C20H22N4OS. The molecule has 0 atom stereocenters. The third-order valence-corrected chi connectivity index (χ3v) is 5.54. The number of rotatable bonds is 5. The number of H-pyrrole nitrogens is 1. The van der Waals surface area contributed by atoms with Crippen molar-refractivity contribution in [2.24, 2.45) is 0 Å². The van der Waals surface area contributed by atoms with Crippen molar-refractivity contribution in [3.8, 4) is 10.6 Å². The van der Waals surface area contributed by atoms with Gasteiger partial charge in [0.15, 0.2) is 5.69 Å². The fourth-order valence-corrected chi connectivity index (χ4v) is 4.01. The Balaban J connectivity index is 1.42. The van der Waals surface area contributed by atoms with Crippen LogP contribution in [0.2, 0.25) is 0 Å². The maximum Gasteiger partial charge on any atom is 0.276 e. The van der Waals surface area contributed by atoms with Gasteiger partial charge in [-0.3, -0.25) is 14.8 Å². The highest BCUT2D eigenvalue weighted by molar-refractivity contribution is 7.13. The number of amides is 1. The molecule has 5 nitrogen and oxygen atoms in total. The molecule has 1 amide bonds. The first kappa shape index (κ1) is 17.0. The molecule has 0 bridgehead atoms. The van der Waals surface area contributed by atoms with Crippen LogP contribution in [-0.2, 0) is 6.54 Å². The molecule has 6 heteroatoms. The summed E-state index contributed by atoms with van der Waals surface area (Å²) in [7, 11) is 0. The zero-order valence-electron chi connectivity index (χ0n) is 14.6. The highest BCUT2D eigenvalue weighted by atomic mass is 32.1. The number of carbonyl (C=O) groups is 1. The zero-order chi connectivity index (χ0) is 17.8. The second-order valence-electron chi connectivity index (χ2n) is 6.64. The fraction of sp³-hybridized carbons (Fsp3) is 0.300. The number of carbonyl (C=O) groups excluding carboxylic acids is 1. The number of hydrogen-bond acceptors (Lipinski definition) is 4. The summed E-state index contributed by atoms with van der Waals surface area (Å²) in [6.07, 6.45) is 3.90. The van der Waals surface area contributed by atoms with Crippen molar-refractivity contribution in [2.45, 2.75) is 25.8 Å². The maximum atomic E-state index is 12.5. The normalized spacial score (nSPS) is 15.1. The number of nitrogens with one attached hydrogen (secondary N) is 2. The van der Waals surface area contributed by atoms with Gasteiger partial charge in [0.05, 0.1) is 10.6 Å².